The Hall–Kier alpha value is -2.38. The molecule has 2 aromatic rings. The Kier molecular flexibility index (Phi) is 6.45. The maximum Gasteiger partial charge on any atom is 0.418 e. The number of ketones is 1. The molecule has 0 fully saturated rings. The lowest BCUT2D eigenvalue weighted by molar-refractivity contribution is -0.139. The number of benzene rings is 1. The molecule has 0 saturated heterocycles. The fourth-order valence-electron chi connectivity index (χ4n) is 3.10. The van der Waals surface area contributed by atoms with Gasteiger partial charge in [0.25, 0.3) is 0 Å². The molecule has 1 heterocycles. The highest BCUT2D eigenvalue weighted by Gasteiger charge is 2.37. The van der Waals surface area contributed by atoms with Crippen LogP contribution in [0.5, 0.6) is 0 Å². The van der Waals surface area contributed by atoms with E-state index in [1.165, 1.54) is 6.20 Å². The lowest BCUT2D eigenvalue weighted by Crippen LogP contribution is -2.20. The molecule has 0 aliphatic heterocycles. The van der Waals surface area contributed by atoms with E-state index in [-0.39, 0.29) is 35.3 Å². The molecule has 0 spiro atoms. The Balaban J connectivity index is 2.52. The largest absolute Gasteiger partial charge is 0.418 e. The fraction of sp³-hybridized carbons (Fsp3) is 0.429. The van der Waals surface area contributed by atoms with Crippen molar-refractivity contribution in [2.75, 3.05) is 0 Å². The molecular formula is C21H21F6NO. The minimum Gasteiger partial charge on any atom is -0.300 e. The van der Waals surface area contributed by atoms with Crippen LogP contribution in [-0.2, 0) is 17.1 Å². The quantitative estimate of drug-likeness (QED) is 0.510. The Morgan fingerprint density at radius 3 is 2.00 bits per heavy atom. The van der Waals surface area contributed by atoms with Crippen molar-refractivity contribution in [2.24, 2.45) is 5.41 Å². The summed E-state index contributed by atoms with van der Waals surface area (Å²) in [5.41, 5.74) is -2.50. The molecule has 0 aliphatic rings. The van der Waals surface area contributed by atoms with Crippen molar-refractivity contribution in [3.05, 3.63) is 65.0 Å². The molecule has 29 heavy (non-hydrogen) atoms. The third kappa shape index (κ3) is 6.30. The molecule has 0 radical (unpaired) electrons. The van der Waals surface area contributed by atoms with Gasteiger partial charge < -0.3 is 0 Å². The maximum absolute atomic E-state index is 13.5. The van der Waals surface area contributed by atoms with E-state index in [1.54, 1.807) is 0 Å². The second-order valence-electron chi connectivity index (χ2n) is 8.09. The number of pyridine rings is 1. The van der Waals surface area contributed by atoms with Gasteiger partial charge in [0.1, 0.15) is 5.78 Å². The van der Waals surface area contributed by atoms with Crippen LogP contribution >= 0.6 is 0 Å². The molecule has 0 N–H and O–H groups in total. The van der Waals surface area contributed by atoms with Crippen molar-refractivity contribution in [2.45, 2.75) is 51.9 Å². The molecule has 2 rings (SSSR count). The number of Topliss-reactive ketones (excluding diaryl/α,β-unsaturated/α-hetero) is 1. The van der Waals surface area contributed by atoms with E-state index >= 15 is 0 Å². The first kappa shape index (κ1) is 22.9. The number of hydrogen-bond donors (Lipinski definition) is 0. The number of hydrogen-bond acceptors (Lipinski definition) is 2. The third-order valence-electron chi connectivity index (χ3n) is 4.27. The molecule has 0 amide bonds. The fourth-order valence-corrected chi connectivity index (χ4v) is 3.10. The van der Waals surface area contributed by atoms with Crippen LogP contribution in [0.15, 0.2) is 42.6 Å². The van der Waals surface area contributed by atoms with Gasteiger partial charge in [0.05, 0.1) is 16.8 Å². The lowest BCUT2D eigenvalue weighted by Gasteiger charge is -2.23. The van der Waals surface area contributed by atoms with Crippen LogP contribution in [0.25, 0.3) is 0 Å². The molecule has 1 aromatic heterocycles. The van der Waals surface area contributed by atoms with Crippen molar-refractivity contribution in [1.29, 1.82) is 0 Å². The highest BCUT2D eigenvalue weighted by Crippen LogP contribution is 2.39. The van der Waals surface area contributed by atoms with Gasteiger partial charge in [-0.15, -0.1) is 0 Å². The van der Waals surface area contributed by atoms with Crippen LogP contribution in [0.2, 0.25) is 0 Å². The van der Waals surface area contributed by atoms with Gasteiger partial charge in [-0.2, -0.15) is 26.3 Å². The second kappa shape index (κ2) is 8.16. The van der Waals surface area contributed by atoms with Gasteiger partial charge in [-0.05, 0) is 35.2 Å². The number of carbonyl (C=O) groups excluding carboxylic acids is 1. The van der Waals surface area contributed by atoms with Gasteiger partial charge in [-0.1, -0.05) is 32.9 Å². The lowest BCUT2D eigenvalue weighted by atomic mass is 9.82. The van der Waals surface area contributed by atoms with Crippen LogP contribution in [0, 0.1) is 5.41 Å². The molecule has 0 saturated carbocycles. The maximum atomic E-state index is 13.5. The number of carbonyl (C=O) groups is 1. The molecule has 8 heteroatoms. The predicted octanol–water partition coefficient (Wildman–Crippen LogP) is 6.65. The van der Waals surface area contributed by atoms with E-state index in [2.05, 4.69) is 4.98 Å². The first-order chi connectivity index (χ1) is 13.2. The molecule has 1 aromatic carbocycles. The summed E-state index contributed by atoms with van der Waals surface area (Å²) < 4.78 is 79.0. The van der Waals surface area contributed by atoms with E-state index in [9.17, 15) is 31.1 Å². The smallest absolute Gasteiger partial charge is 0.300 e. The Morgan fingerprint density at radius 1 is 0.931 bits per heavy atom. The highest BCUT2D eigenvalue weighted by atomic mass is 19.4. The van der Waals surface area contributed by atoms with Gasteiger partial charge in [0.15, 0.2) is 0 Å². The summed E-state index contributed by atoms with van der Waals surface area (Å²) in [5, 5.41) is 0. The number of alkyl halides is 6. The minimum absolute atomic E-state index is 0.123. The third-order valence-corrected chi connectivity index (χ3v) is 4.27. The first-order valence-corrected chi connectivity index (χ1v) is 8.89. The number of nitrogens with zero attached hydrogens (tertiary/aromatic N) is 1. The summed E-state index contributed by atoms with van der Waals surface area (Å²) in [4.78, 5) is 16.4. The zero-order valence-electron chi connectivity index (χ0n) is 16.2. The van der Waals surface area contributed by atoms with Gasteiger partial charge in [-0.25, -0.2) is 0 Å². The number of rotatable bonds is 5. The normalized spacial score (nSPS) is 14.0. The molecule has 2 nitrogen and oxygen atoms in total. The molecule has 0 unspecified atom stereocenters. The van der Waals surface area contributed by atoms with Crippen LogP contribution in [0.3, 0.4) is 0 Å². The highest BCUT2D eigenvalue weighted by molar-refractivity contribution is 5.80. The summed E-state index contributed by atoms with van der Waals surface area (Å²) in [6.45, 7) is 5.46. The Bertz CT molecular complexity index is 847. The average molecular weight is 417 g/mol. The van der Waals surface area contributed by atoms with E-state index in [0.717, 1.165) is 36.4 Å². The zero-order chi connectivity index (χ0) is 22.0. The molecule has 0 bridgehead atoms. The monoisotopic (exact) mass is 417 g/mol. The topological polar surface area (TPSA) is 30.0 Å². The first-order valence-electron chi connectivity index (χ1n) is 8.89. The summed E-state index contributed by atoms with van der Waals surface area (Å²) >= 11 is 0. The molecule has 1 atom stereocenters. The molecule has 0 aliphatic carbocycles. The van der Waals surface area contributed by atoms with Gasteiger partial charge in [0, 0.05) is 25.0 Å². The second-order valence-corrected chi connectivity index (χ2v) is 8.09. The van der Waals surface area contributed by atoms with Gasteiger partial charge >= 0.3 is 12.4 Å². The van der Waals surface area contributed by atoms with Crippen molar-refractivity contribution >= 4 is 5.78 Å². The van der Waals surface area contributed by atoms with Crippen LogP contribution < -0.4 is 0 Å². The van der Waals surface area contributed by atoms with E-state index in [1.807, 2.05) is 20.8 Å². The summed E-state index contributed by atoms with van der Waals surface area (Å²) in [6.07, 6.45) is -8.27. The molecular weight excluding hydrogens is 396 g/mol. The standard InChI is InChI=1S/C21H21F6NO/c1-19(2,3)12-15(29)11-16(13-6-8-14(9-7-13)20(22,23)24)18-17(21(25,26)27)5-4-10-28-18/h4-10,16H,11-12H2,1-3H3/t16-/m0/s1. The van der Waals surface area contributed by atoms with E-state index < -0.39 is 29.4 Å². The summed E-state index contributed by atoms with van der Waals surface area (Å²) in [6, 6.07) is 5.79. The van der Waals surface area contributed by atoms with Crippen molar-refractivity contribution in [3.8, 4) is 0 Å². The van der Waals surface area contributed by atoms with Crippen LogP contribution in [0.4, 0.5) is 26.3 Å². The Morgan fingerprint density at radius 2 is 1.52 bits per heavy atom. The molecule has 158 valence electrons. The average Bonchev–Trinajstić information content (AvgIpc) is 2.57. The van der Waals surface area contributed by atoms with Crippen molar-refractivity contribution in [3.63, 3.8) is 0 Å². The Labute approximate surface area is 165 Å². The summed E-state index contributed by atoms with van der Waals surface area (Å²) in [7, 11) is 0. The SMILES string of the molecule is CC(C)(C)CC(=O)C[C@@H](c1ccc(C(F)(F)F)cc1)c1ncccc1C(F)(F)F. The summed E-state index contributed by atoms with van der Waals surface area (Å²) in [5.74, 6) is -1.40. The van der Waals surface area contributed by atoms with E-state index in [4.69, 9.17) is 0 Å². The van der Waals surface area contributed by atoms with Crippen LogP contribution in [0.1, 0.15) is 61.9 Å². The number of aromatic nitrogens is 1. The number of halogens is 6. The van der Waals surface area contributed by atoms with Gasteiger partial charge in [-0.3, -0.25) is 9.78 Å². The van der Waals surface area contributed by atoms with E-state index in [0.29, 0.717) is 0 Å². The van der Waals surface area contributed by atoms with Crippen molar-refractivity contribution in [1.82, 2.24) is 4.98 Å². The zero-order valence-corrected chi connectivity index (χ0v) is 16.2. The van der Waals surface area contributed by atoms with Crippen molar-refractivity contribution < 1.29 is 31.1 Å². The minimum atomic E-state index is -4.71. The van der Waals surface area contributed by atoms with Crippen LogP contribution in [-0.4, -0.2) is 10.8 Å². The predicted molar refractivity (Wildman–Crippen MR) is 96.2 cm³/mol. The van der Waals surface area contributed by atoms with Gasteiger partial charge in [0.2, 0.25) is 0 Å².